The molecule has 104 valence electrons. The molecule has 1 aromatic carbocycles. The van der Waals surface area contributed by atoms with Crippen LogP contribution in [0.25, 0.3) is 0 Å². The number of benzene rings is 1. The van der Waals surface area contributed by atoms with Gasteiger partial charge in [0.1, 0.15) is 5.82 Å². The summed E-state index contributed by atoms with van der Waals surface area (Å²) >= 11 is 0. The Kier molecular flexibility index (Phi) is 3.70. The van der Waals surface area contributed by atoms with Crippen LogP contribution in [0.1, 0.15) is 16.8 Å². The maximum atomic E-state index is 4.70. The van der Waals surface area contributed by atoms with Crippen LogP contribution in [-0.4, -0.2) is 24.6 Å². The molecule has 1 atom stereocenters. The van der Waals surface area contributed by atoms with Crippen LogP contribution in [0.5, 0.6) is 0 Å². The standard InChI is InChI=1S/C17H21N3/c1-13-6-5-9-17(19-13)20-12-15-8-4-3-7-14(15)10-16(20)11-18-2/h3-9,16,18H,10-12H2,1-2H3. The molecule has 1 aliphatic rings. The van der Waals surface area contributed by atoms with Crippen molar-refractivity contribution in [3.8, 4) is 0 Å². The third-order valence-corrected chi connectivity index (χ3v) is 3.96. The lowest BCUT2D eigenvalue weighted by molar-refractivity contribution is 0.523. The zero-order chi connectivity index (χ0) is 13.9. The molecule has 0 saturated carbocycles. The molecule has 3 nitrogen and oxygen atoms in total. The van der Waals surface area contributed by atoms with Gasteiger partial charge in [-0.05, 0) is 43.7 Å². The van der Waals surface area contributed by atoms with Gasteiger partial charge < -0.3 is 10.2 Å². The van der Waals surface area contributed by atoms with Gasteiger partial charge in [0.15, 0.2) is 0 Å². The van der Waals surface area contributed by atoms with E-state index in [1.165, 1.54) is 11.1 Å². The van der Waals surface area contributed by atoms with Gasteiger partial charge in [0, 0.05) is 24.8 Å². The summed E-state index contributed by atoms with van der Waals surface area (Å²) in [5.41, 5.74) is 3.96. The van der Waals surface area contributed by atoms with Gasteiger partial charge in [-0.15, -0.1) is 0 Å². The lowest BCUT2D eigenvalue weighted by Gasteiger charge is -2.38. The number of anilines is 1. The summed E-state index contributed by atoms with van der Waals surface area (Å²) < 4.78 is 0. The van der Waals surface area contributed by atoms with E-state index in [2.05, 4.69) is 59.6 Å². The van der Waals surface area contributed by atoms with E-state index in [0.717, 1.165) is 31.0 Å². The van der Waals surface area contributed by atoms with Crippen molar-refractivity contribution < 1.29 is 0 Å². The summed E-state index contributed by atoms with van der Waals surface area (Å²) in [4.78, 5) is 7.12. The molecule has 0 saturated heterocycles. The first kappa shape index (κ1) is 13.1. The van der Waals surface area contributed by atoms with Gasteiger partial charge in [0.25, 0.3) is 0 Å². The molecule has 0 spiro atoms. The minimum atomic E-state index is 0.462. The maximum Gasteiger partial charge on any atom is 0.129 e. The van der Waals surface area contributed by atoms with Crippen molar-refractivity contribution in [2.75, 3.05) is 18.5 Å². The Bertz CT molecular complexity index is 594. The predicted octanol–water partition coefficient (Wildman–Crippen LogP) is 2.54. The average molecular weight is 267 g/mol. The summed E-state index contributed by atoms with van der Waals surface area (Å²) in [5, 5.41) is 3.31. The Morgan fingerprint density at radius 1 is 1.15 bits per heavy atom. The monoisotopic (exact) mass is 267 g/mol. The number of nitrogens with one attached hydrogen (secondary N) is 1. The molecule has 3 rings (SSSR count). The second-order valence-corrected chi connectivity index (χ2v) is 5.45. The Labute approximate surface area is 120 Å². The lowest BCUT2D eigenvalue weighted by Crippen LogP contribution is -2.46. The summed E-state index contributed by atoms with van der Waals surface area (Å²) in [6.45, 7) is 3.97. The van der Waals surface area contributed by atoms with Gasteiger partial charge in [0.05, 0.1) is 0 Å². The molecule has 0 amide bonds. The molecule has 2 heterocycles. The number of hydrogen-bond donors (Lipinski definition) is 1. The molecule has 1 aliphatic heterocycles. The third-order valence-electron chi connectivity index (χ3n) is 3.96. The van der Waals surface area contributed by atoms with Crippen LogP contribution in [-0.2, 0) is 13.0 Å². The highest BCUT2D eigenvalue weighted by molar-refractivity contribution is 5.46. The first-order valence-electron chi connectivity index (χ1n) is 7.19. The molecular formula is C17H21N3. The van der Waals surface area contributed by atoms with Crippen molar-refractivity contribution in [3.63, 3.8) is 0 Å². The highest BCUT2D eigenvalue weighted by atomic mass is 15.2. The number of hydrogen-bond acceptors (Lipinski definition) is 3. The zero-order valence-corrected chi connectivity index (χ0v) is 12.1. The number of rotatable bonds is 3. The van der Waals surface area contributed by atoms with E-state index in [1.54, 1.807) is 0 Å². The van der Waals surface area contributed by atoms with E-state index in [1.807, 2.05) is 7.05 Å². The number of fused-ring (bicyclic) bond motifs is 1. The molecule has 0 radical (unpaired) electrons. The van der Waals surface area contributed by atoms with Gasteiger partial charge in [-0.25, -0.2) is 4.98 Å². The Morgan fingerprint density at radius 2 is 1.95 bits per heavy atom. The maximum absolute atomic E-state index is 4.70. The average Bonchev–Trinajstić information content (AvgIpc) is 2.47. The van der Waals surface area contributed by atoms with Crippen molar-refractivity contribution in [3.05, 3.63) is 59.3 Å². The fraction of sp³-hybridized carbons (Fsp3) is 0.353. The molecule has 3 heteroatoms. The highest BCUT2D eigenvalue weighted by Gasteiger charge is 2.26. The summed E-state index contributed by atoms with van der Waals surface area (Å²) in [5.74, 6) is 1.08. The van der Waals surface area contributed by atoms with Gasteiger partial charge in [0.2, 0.25) is 0 Å². The van der Waals surface area contributed by atoms with Crippen molar-refractivity contribution >= 4 is 5.82 Å². The zero-order valence-electron chi connectivity index (χ0n) is 12.1. The van der Waals surface area contributed by atoms with Crippen LogP contribution in [0.4, 0.5) is 5.82 Å². The number of aromatic nitrogens is 1. The second kappa shape index (κ2) is 5.63. The molecule has 0 aliphatic carbocycles. The molecule has 0 bridgehead atoms. The van der Waals surface area contributed by atoms with Gasteiger partial charge in [-0.2, -0.15) is 0 Å². The summed E-state index contributed by atoms with van der Waals surface area (Å²) in [6.07, 6.45) is 1.08. The van der Waals surface area contributed by atoms with Gasteiger partial charge >= 0.3 is 0 Å². The fourth-order valence-electron chi connectivity index (χ4n) is 2.96. The summed E-state index contributed by atoms with van der Waals surface area (Å²) in [7, 11) is 2.02. The quantitative estimate of drug-likeness (QED) is 0.926. The Morgan fingerprint density at radius 3 is 2.70 bits per heavy atom. The van der Waals surface area contributed by atoms with E-state index < -0.39 is 0 Å². The normalized spacial score (nSPS) is 17.9. The van der Waals surface area contributed by atoms with E-state index in [0.29, 0.717) is 6.04 Å². The van der Waals surface area contributed by atoms with E-state index in [9.17, 15) is 0 Å². The Hall–Kier alpha value is -1.87. The van der Waals surface area contributed by atoms with Crippen LogP contribution in [0.3, 0.4) is 0 Å². The molecule has 1 unspecified atom stereocenters. The lowest BCUT2D eigenvalue weighted by atomic mass is 9.94. The van der Waals surface area contributed by atoms with Crippen LogP contribution < -0.4 is 10.2 Å². The SMILES string of the molecule is CNCC1Cc2ccccc2CN1c1cccc(C)n1. The summed E-state index contributed by atoms with van der Waals surface area (Å²) in [6, 6.07) is 15.5. The third kappa shape index (κ3) is 2.54. The topological polar surface area (TPSA) is 28.2 Å². The minimum absolute atomic E-state index is 0.462. The van der Waals surface area contributed by atoms with Crippen LogP contribution in [0, 0.1) is 6.92 Å². The Balaban J connectivity index is 1.96. The number of likely N-dealkylation sites (N-methyl/N-ethyl adjacent to an activating group) is 1. The van der Waals surface area contributed by atoms with Crippen molar-refractivity contribution in [2.24, 2.45) is 0 Å². The van der Waals surface area contributed by atoms with Crippen molar-refractivity contribution in [1.82, 2.24) is 10.3 Å². The van der Waals surface area contributed by atoms with E-state index >= 15 is 0 Å². The fourth-order valence-corrected chi connectivity index (χ4v) is 2.96. The molecule has 0 fully saturated rings. The van der Waals surface area contributed by atoms with E-state index in [4.69, 9.17) is 4.98 Å². The first-order valence-corrected chi connectivity index (χ1v) is 7.19. The number of aryl methyl sites for hydroxylation is 1. The predicted molar refractivity (Wildman–Crippen MR) is 83.0 cm³/mol. The second-order valence-electron chi connectivity index (χ2n) is 5.45. The first-order chi connectivity index (χ1) is 9.78. The van der Waals surface area contributed by atoms with Gasteiger partial charge in [-0.1, -0.05) is 30.3 Å². The smallest absolute Gasteiger partial charge is 0.129 e. The number of pyridine rings is 1. The molecule has 1 aromatic heterocycles. The van der Waals surface area contributed by atoms with E-state index in [-0.39, 0.29) is 0 Å². The molecule has 2 aromatic rings. The van der Waals surface area contributed by atoms with Gasteiger partial charge in [-0.3, -0.25) is 0 Å². The number of nitrogens with zero attached hydrogens (tertiary/aromatic N) is 2. The largest absolute Gasteiger partial charge is 0.348 e. The minimum Gasteiger partial charge on any atom is -0.348 e. The van der Waals surface area contributed by atoms with Crippen LogP contribution in [0.2, 0.25) is 0 Å². The van der Waals surface area contributed by atoms with Crippen LogP contribution in [0.15, 0.2) is 42.5 Å². The van der Waals surface area contributed by atoms with Crippen LogP contribution >= 0.6 is 0 Å². The van der Waals surface area contributed by atoms with Crippen molar-refractivity contribution in [2.45, 2.75) is 25.9 Å². The highest BCUT2D eigenvalue weighted by Crippen LogP contribution is 2.27. The molecular weight excluding hydrogens is 246 g/mol. The van der Waals surface area contributed by atoms with Crippen molar-refractivity contribution in [1.29, 1.82) is 0 Å². The molecule has 20 heavy (non-hydrogen) atoms. The molecule has 1 N–H and O–H groups in total.